The summed E-state index contributed by atoms with van der Waals surface area (Å²) in [5, 5.41) is 3.03. The number of hydrogen-bond donors (Lipinski definition) is 1. The summed E-state index contributed by atoms with van der Waals surface area (Å²) >= 11 is 0. The largest absolute Gasteiger partial charge is 0.381 e. The van der Waals surface area contributed by atoms with Gasteiger partial charge in [0, 0.05) is 19.7 Å². The van der Waals surface area contributed by atoms with Crippen molar-refractivity contribution in [2.24, 2.45) is 0 Å². The molecule has 2 unspecified atom stereocenters. The monoisotopic (exact) mass is 278 g/mol. The van der Waals surface area contributed by atoms with E-state index < -0.39 is 10.0 Å². The summed E-state index contributed by atoms with van der Waals surface area (Å²) in [6.45, 7) is 3.43. The lowest BCUT2D eigenvalue weighted by molar-refractivity contribution is 0.0422. The second-order valence-corrected chi connectivity index (χ2v) is 7.01. The summed E-state index contributed by atoms with van der Waals surface area (Å²) in [6.07, 6.45) is 3.43. The first kappa shape index (κ1) is 15.9. The maximum absolute atomic E-state index is 12.2. The second kappa shape index (κ2) is 7.43. The Morgan fingerprint density at radius 1 is 1.39 bits per heavy atom. The van der Waals surface area contributed by atoms with Crippen molar-refractivity contribution in [1.29, 1.82) is 0 Å². The van der Waals surface area contributed by atoms with E-state index in [2.05, 4.69) is 5.32 Å². The molecule has 1 fully saturated rings. The fraction of sp³-hybridized carbons (Fsp3) is 1.00. The van der Waals surface area contributed by atoms with E-state index in [9.17, 15) is 8.42 Å². The molecule has 6 heteroatoms. The molecule has 0 aromatic heterocycles. The van der Waals surface area contributed by atoms with Gasteiger partial charge >= 0.3 is 0 Å². The Labute approximate surface area is 111 Å². The van der Waals surface area contributed by atoms with Gasteiger partial charge in [0.1, 0.15) is 0 Å². The summed E-state index contributed by atoms with van der Waals surface area (Å²) in [5.74, 6) is 0.261. The first-order valence-corrected chi connectivity index (χ1v) is 8.29. The fourth-order valence-corrected chi connectivity index (χ4v) is 4.26. The molecule has 0 aliphatic carbocycles. The number of nitrogens with zero attached hydrogens (tertiary/aromatic N) is 1. The summed E-state index contributed by atoms with van der Waals surface area (Å²) in [5.41, 5.74) is 0. The van der Waals surface area contributed by atoms with Gasteiger partial charge in [-0.1, -0.05) is 0 Å². The molecule has 1 aliphatic heterocycles. The van der Waals surface area contributed by atoms with Crippen LogP contribution in [0, 0.1) is 0 Å². The minimum Gasteiger partial charge on any atom is -0.381 e. The number of hydrogen-bond acceptors (Lipinski definition) is 4. The SMILES string of the molecule is CNCCCCS(=O)(=O)N1CCC(OC)CC1C. The standard InChI is InChI=1S/C12H26N2O3S/c1-11-10-12(17-3)6-8-14(11)18(15,16)9-5-4-7-13-2/h11-13H,4-10H2,1-3H3. The van der Waals surface area contributed by atoms with E-state index in [1.54, 1.807) is 11.4 Å². The molecule has 0 spiro atoms. The zero-order valence-electron chi connectivity index (χ0n) is 11.7. The van der Waals surface area contributed by atoms with Crippen molar-refractivity contribution in [3.05, 3.63) is 0 Å². The molecule has 1 aliphatic rings. The molecule has 1 heterocycles. The molecule has 1 saturated heterocycles. The number of nitrogens with one attached hydrogen (secondary N) is 1. The number of methoxy groups -OCH3 is 1. The Kier molecular flexibility index (Phi) is 6.55. The predicted octanol–water partition coefficient (Wildman–Crippen LogP) is 0.815. The summed E-state index contributed by atoms with van der Waals surface area (Å²) in [4.78, 5) is 0. The van der Waals surface area contributed by atoms with Crippen LogP contribution in [0.15, 0.2) is 0 Å². The Hall–Kier alpha value is -0.170. The summed E-state index contributed by atoms with van der Waals surface area (Å²) in [7, 11) is 0.480. The average Bonchev–Trinajstić information content (AvgIpc) is 2.34. The van der Waals surface area contributed by atoms with Crippen LogP contribution in [0.2, 0.25) is 0 Å². The molecule has 0 radical (unpaired) electrons. The molecule has 0 bridgehead atoms. The smallest absolute Gasteiger partial charge is 0.214 e. The van der Waals surface area contributed by atoms with Gasteiger partial charge in [-0.15, -0.1) is 0 Å². The minimum absolute atomic E-state index is 0.0537. The highest BCUT2D eigenvalue weighted by Gasteiger charge is 2.32. The van der Waals surface area contributed by atoms with Crippen LogP contribution in [-0.4, -0.2) is 57.9 Å². The quantitative estimate of drug-likeness (QED) is 0.700. The van der Waals surface area contributed by atoms with Crippen molar-refractivity contribution in [2.75, 3.05) is 33.0 Å². The number of ether oxygens (including phenoxy) is 1. The van der Waals surface area contributed by atoms with Crippen molar-refractivity contribution in [1.82, 2.24) is 9.62 Å². The molecule has 0 amide bonds. The van der Waals surface area contributed by atoms with Gasteiger partial charge in [-0.2, -0.15) is 4.31 Å². The van der Waals surface area contributed by atoms with E-state index in [0.29, 0.717) is 6.54 Å². The molecule has 108 valence electrons. The van der Waals surface area contributed by atoms with Crippen LogP contribution in [0.5, 0.6) is 0 Å². The summed E-state index contributed by atoms with van der Waals surface area (Å²) in [6, 6.07) is 0.0537. The lowest BCUT2D eigenvalue weighted by Gasteiger charge is -2.36. The van der Waals surface area contributed by atoms with Gasteiger partial charge in [0.05, 0.1) is 11.9 Å². The first-order valence-electron chi connectivity index (χ1n) is 6.68. The molecular weight excluding hydrogens is 252 g/mol. The first-order chi connectivity index (χ1) is 8.51. The van der Waals surface area contributed by atoms with Crippen molar-refractivity contribution < 1.29 is 13.2 Å². The van der Waals surface area contributed by atoms with Crippen molar-refractivity contribution in [3.8, 4) is 0 Å². The third-order valence-electron chi connectivity index (χ3n) is 3.54. The van der Waals surface area contributed by atoms with Crippen LogP contribution in [0.4, 0.5) is 0 Å². The van der Waals surface area contributed by atoms with Gasteiger partial charge in [0.2, 0.25) is 10.0 Å². The van der Waals surface area contributed by atoms with Gasteiger partial charge in [-0.05, 0) is 46.2 Å². The molecule has 0 aromatic carbocycles. The van der Waals surface area contributed by atoms with E-state index in [-0.39, 0.29) is 17.9 Å². The zero-order chi connectivity index (χ0) is 13.6. The van der Waals surface area contributed by atoms with E-state index in [0.717, 1.165) is 32.2 Å². The van der Waals surface area contributed by atoms with Crippen LogP contribution in [0.25, 0.3) is 0 Å². The van der Waals surface area contributed by atoms with E-state index in [4.69, 9.17) is 4.74 Å². The maximum atomic E-state index is 12.2. The molecule has 0 saturated carbocycles. The fourth-order valence-electron chi connectivity index (χ4n) is 2.44. The van der Waals surface area contributed by atoms with Crippen molar-refractivity contribution in [2.45, 2.75) is 44.8 Å². The van der Waals surface area contributed by atoms with Crippen LogP contribution in [-0.2, 0) is 14.8 Å². The Morgan fingerprint density at radius 2 is 2.11 bits per heavy atom. The third-order valence-corrected chi connectivity index (χ3v) is 5.60. The Morgan fingerprint density at radius 3 is 2.67 bits per heavy atom. The lowest BCUT2D eigenvalue weighted by Crippen LogP contribution is -2.47. The van der Waals surface area contributed by atoms with E-state index in [1.165, 1.54) is 0 Å². The van der Waals surface area contributed by atoms with Gasteiger partial charge < -0.3 is 10.1 Å². The van der Waals surface area contributed by atoms with Gasteiger partial charge in [-0.3, -0.25) is 0 Å². The summed E-state index contributed by atoms with van der Waals surface area (Å²) < 4.78 is 31.4. The van der Waals surface area contributed by atoms with Gasteiger partial charge in [0.25, 0.3) is 0 Å². The molecular formula is C12H26N2O3S. The highest BCUT2D eigenvalue weighted by Crippen LogP contribution is 2.22. The van der Waals surface area contributed by atoms with Crippen LogP contribution in [0.1, 0.15) is 32.6 Å². The van der Waals surface area contributed by atoms with Crippen LogP contribution >= 0.6 is 0 Å². The number of rotatable bonds is 7. The predicted molar refractivity (Wildman–Crippen MR) is 73.1 cm³/mol. The highest BCUT2D eigenvalue weighted by molar-refractivity contribution is 7.89. The lowest BCUT2D eigenvalue weighted by atomic mass is 10.0. The average molecular weight is 278 g/mol. The van der Waals surface area contributed by atoms with Crippen LogP contribution in [0.3, 0.4) is 0 Å². The molecule has 5 nitrogen and oxygen atoms in total. The van der Waals surface area contributed by atoms with Gasteiger partial charge in [-0.25, -0.2) is 8.42 Å². The number of sulfonamides is 1. The minimum atomic E-state index is -3.09. The second-order valence-electron chi connectivity index (χ2n) is 4.97. The zero-order valence-corrected chi connectivity index (χ0v) is 12.5. The van der Waals surface area contributed by atoms with Crippen molar-refractivity contribution >= 4 is 10.0 Å². The van der Waals surface area contributed by atoms with Crippen LogP contribution < -0.4 is 5.32 Å². The number of unbranched alkanes of at least 4 members (excludes halogenated alkanes) is 1. The Bertz CT molecular complexity index is 332. The Balaban J connectivity index is 2.47. The highest BCUT2D eigenvalue weighted by atomic mass is 32.2. The molecule has 18 heavy (non-hydrogen) atoms. The number of piperidine rings is 1. The van der Waals surface area contributed by atoms with Gasteiger partial charge in [0.15, 0.2) is 0 Å². The maximum Gasteiger partial charge on any atom is 0.214 e. The third kappa shape index (κ3) is 4.50. The van der Waals surface area contributed by atoms with E-state index in [1.807, 2.05) is 14.0 Å². The molecule has 1 N–H and O–H groups in total. The van der Waals surface area contributed by atoms with Crippen molar-refractivity contribution in [3.63, 3.8) is 0 Å². The topological polar surface area (TPSA) is 58.6 Å². The molecule has 2 atom stereocenters. The molecule has 1 rings (SSSR count). The molecule has 0 aromatic rings. The normalized spacial score (nSPS) is 26.4. The van der Waals surface area contributed by atoms with E-state index >= 15 is 0 Å².